The highest BCUT2D eigenvalue weighted by Crippen LogP contribution is 2.33. The maximum atomic E-state index is 6.04. The fraction of sp³-hybridized carbons (Fsp3) is 0.353. The van der Waals surface area contributed by atoms with Crippen molar-refractivity contribution in [2.24, 2.45) is 5.73 Å². The van der Waals surface area contributed by atoms with Crippen molar-refractivity contribution in [1.29, 1.82) is 0 Å². The molecule has 2 aromatic heterocycles. The van der Waals surface area contributed by atoms with Gasteiger partial charge in [0.25, 0.3) is 0 Å². The lowest BCUT2D eigenvalue weighted by molar-refractivity contribution is 0.561. The Morgan fingerprint density at radius 1 is 1.19 bits per heavy atom. The van der Waals surface area contributed by atoms with E-state index in [1.54, 1.807) is 11.3 Å². The van der Waals surface area contributed by atoms with Gasteiger partial charge in [-0.05, 0) is 6.92 Å². The van der Waals surface area contributed by atoms with E-state index >= 15 is 0 Å². The molecule has 0 radical (unpaired) electrons. The van der Waals surface area contributed by atoms with Crippen LogP contribution in [0.3, 0.4) is 0 Å². The van der Waals surface area contributed by atoms with E-state index in [4.69, 9.17) is 10.7 Å². The van der Waals surface area contributed by atoms with Crippen molar-refractivity contribution < 1.29 is 0 Å². The molecule has 3 nitrogen and oxygen atoms in total. The summed E-state index contributed by atoms with van der Waals surface area (Å²) >= 11 is 1.69. The molecule has 21 heavy (non-hydrogen) atoms. The number of aromatic nitrogens is 2. The monoisotopic (exact) mass is 299 g/mol. The van der Waals surface area contributed by atoms with Crippen LogP contribution in [-0.2, 0) is 12.0 Å². The zero-order chi connectivity index (χ0) is 15.2. The summed E-state index contributed by atoms with van der Waals surface area (Å²) in [6.07, 6.45) is 0. The summed E-state index contributed by atoms with van der Waals surface area (Å²) in [5.74, 6) is 0. The van der Waals surface area contributed by atoms with Crippen LogP contribution < -0.4 is 5.73 Å². The van der Waals surface area contributed by atoms with Gasteiger partial charge >= 0.3 is 0 Å². The smallest absolute Gasteiger partial charge is 0.194 e. The van der Waals surface area contributed by atoms with Crippen LogP contribution in [0.5, 0.6) is 0 Å². The molecule has 0 saturated carbocycles. The topological polar surface area (TPSA) is 43.3 Å². The number of nitrogens with two attached hydrogens (primary N) is 1. The van der Waals surface area contributed by atoms with Crippen molar-refractivity contribution in [2.45, 2.75) is 39.7 Å². The molecule has 0 spiro atoms. The number of rotatable bonds is 2. The Kier molecular flexibility index (Phi) is 3.38. The number of aryl methyl sites for hydroxylation is 1. The Morgan fingerprint density at radius 2 is 1.86 bits per heavy atom. The SMILES string of the molecule is Cc1ccc(-c2nc3scc(C(C)(C)C)n3c2CN)cc1. The number of nitrogens with zero attached hydrogens (tertiary/aromatic N) is 2. The molecule has 0 fully saturated rings. The van der Waals surface area contributed by atoms with Crippen molar-refractivity contribution in [2.75, 3.05) is 0 Å². The van der Waals surface area contributed by atoms with E-state index in [0.29, 0.717) is 6.54 Å². The molecule has 0 saturated heterocycles. The first kappa shape index (κ1) is 14.3. The second kappa shape index (κ2) is 4.97. The van der Waals surface area contributed by atoms with Gasteiger partial charge in [0, 0.05) is 28.6 Å². The maximum absolute atomic E-state index is 6.04. The van der Waals surface area contributed by atoms with Gasteiger partial charge in [0.1, 0.15) is 0 Å². The minimum absolute atomic E-state index is 0.0768. The summed E-state index contributed by atoms with van der Waals surface area (Å²) in [6.45, 7) is 9.25. The summed E-state index contributed by atoms with van der Waals surface area (Å²) in [7, 11) is 0. The highest BCUT2D eigenvalue weighted by atomic mass is 32.1. The lowest BCUT2D eigenvalue weighted by Gasteiger charge is -2.18. The zero-order valence-electron chi connectivity index (χ0n) is 13.0. The third kappa shape index (κ3) is 2.39. The first-order valence-corrected chi connectivity index (χ1v) is 8.06. The molecule has 4 heteroatoms. The van der Waals surface area contributed by atoms with Crippen LogP contribution in [0.25, 0.3) is 16.2 Å². The molecule has 0 aliphatic heterocycles. The van der Waals surface area contributed by atoms with Crippen molar-refractivity contribution >= 4 is 16.3 Å². The molecule has 3 aromatic rings. The molecule has 2 N–H and O–H groups in total. The van der Waals surface area contributed by atoms with E-state index in [1.165, 1.54) is 11.3 Å². The summed E-state index contributed by atoms with van der Waals surface area (Å²) in [5, 5.41) is 2.19. The van der Waals surface area contributed by atoms with Crippen LogP contribution in [0, 0.1) is 6.92 Å². The van der Waals surface area contributed by atoms with Crippen molar-refractivity contribution in [3.8, 4) is 11.3 Å². The molecule has 2 heterocycles. The molecule has 0 aliphatic rings. The van der Waals surface area contributed by atoms with E-state index in [-0.39, 0.29) is 5.41 Å². The molecule has 110 valence electrons. The van der Waals surface area contributed by atoms with E-state index in [9.17, 15) is 0 Å². The lowest BCUT2D eigenvalue weighted by atomic mass is 9.93. The zero-order valence-corrected chi connectivity index (χ0v) is 13.8. The van der Waals surface area contributed by atoms with Crippen LogP contribution in [0.15, 0.2) is 29.6 Å². The molecular formula is C17H21N3S. The fourth-order valence-corrected chi connectivity index (χ4v) is 3.70. The second-order valence-electron chi connectivity index (χ2n) is 6.47. The van der Waals surface area contributed by atoms with E-state index in [0.717, 1.165) is 21.9 Å². The maximum Gasteiger partial charge on any atom is 0.194 e. The quantitative estimate of drug-likeness (QED) is 0.773. The molecule has 3 rings (SSSR count). The van der Waals surface area contributed by atoms with Gasteiger partial charge in [0.2, 0.25) is 0 Å². The van der Waals surface area contributed by atoms with Gasteiger partial charge in [0.05, 0.1) is 11.4 Å². The number of benzene rings is 1. The molecular weight excluding hydrogens is 278 g/mol. The molecule has 0 atom stereocenters. The van der Waals surface area contributed by atoms with Crippen molar-refractivity contribution in [3.05, 3.63) is 46.6 Å². The predicted octanol–water partition coefficient (Wildman–Crippen LogP) is 4.13. The van der Waals surface area contributed by atoms with E-state index in [2.05, 4.69) is 61.7 Å². The van der Waals surface area contributed by atoms with Gasteiger partial charge in [-0.1, -0.05) is 50.6 Å². The van der Waals surface area contributed by atoms with Gasteiger partial charge < -0.3 is 5.73 Å². The normalized spacial score (nSPS) is 12.2. The average Bonchev–Trinajstić information content (AvgIpc) is 2.96. The van der Waals surface area contributed by atoms with Gasteiger partial charge in [-0.3, -0.25) is 4.40 Å². The number of hydrogen-bond donors (Lipinski definition) is 1. The van der Waals surface area contributed by atoms with Crippen LogP contribution >= 0.6 is 11.3 Å². The average molecular weight is 299 g/mol. The van der Waals surface area contributed by atoms with Crippen molar-refractivity contribution in [1.82, 2.24) is 9.38 Å². The summed E-state index contributed by atoms with van der Waals surface area (Å²) in [6, 6.07) is 8.48. The molecule has 1 aromatic carbocycles. The standard InChI is InChI=1S/C17H21N3S/c1-11-5-7-12(8-6-11)15-13(9-18)20-14(17(2,3)4)10-21-16(20)19-15/h5-8,10H,9,18H2,1-4H3. The third-order valence-corrected chi connectivity index (χ3v) is 4.57. The minimum Gasteiger partial charge on any atom is -0.325 e. The Bertz CT molecular complexity index is 773. The third-order valence-electron chi connectivity index (χ3n) is 3.75. The van der Waals surface area contributed by atoms with Crippen LogP contribution in [0.4, 0.5) is 0 Å². The number of imidazole rings is 1. The molecule has 0 unspecified atom stereocenters. The van der Waals surface area contributed by atoms with Crippen LogP contribution in [0.1, 0.15) is 37.7 Å². The summed E-state index contributed by atoms with van der Waals surface area (Å²) in [5.41, 5.74) is 11.9. The minimum atomic E-state index is 0.0768. The first-order chi connectivity index (χ1) is 9.91. The summed E-state index contributed by atoms with van der Waals surface area (Å²) in [4.78, 5) is 5.84. The first-order valence-electron chi connectivity index (χ1n) is 7.18. The fourth-order valence-electron chi connectivity index (χ4n) is 2.56. The lowest BCUT2D eigenvalue weighted by Crippen LogP contribution is -2.16. The number of hydrogen-bond acceptors (Lipinski definition) is 3. The van der Waals surface area contributed by atoms with Crippen LogP contribution in [-0.4, -0.2) is 9.38 Å². The molecule has 0 aliphatic carbocycles. The van der Waals surface area contributed by atoms with Gasteiger partial charge in [-0.25, -0.2) is 4.98 Å². The largest absolute Gasteiger partial charge is 0.325 e. The Hall–Kier alpha value is -1.65. The highest BCUT2D eigenvalue weighted by Gasteiger charge is 2.23. The molecule has 0 bridgehead atoms. The van der Waals surface area contributed by atoms with Gasteiger partial charge in [0.15, 0.2) is 4.96 Å². The predicted molar refractivity (Wildman–Crippen MR) is 89.8 cm³/mol. The van der Waals surface area contributed by atoms with Gasteiger partial charge in [-0.2, -0.15) is 0 Å². The molecule has 0 amide bonds. The van der Waals surface area contributed by atoms with E-state index < -0.39 is 0 Å². The van der Waals surface area contributed by atoms with Gasteiger partial charge in [-0.15, -0.1) is 11.3 Å². The number of fused-ring (bicyclic) bond motifs is 1. The second-order valence-corrected chi connectivity index (χ2v) is 7.30. The highest BCUT2D eigenvalue weighted by molar-refractivity contribution is 7.15. The Balaban J connectivity index is 2.25. The van der Waals surface area contributed by atoms with Crippen LogP contribution in [0.2, 0.25) is 0 Å². The Labute approximate surface area is 129 Å². The van der Waals surface area contributed by atoms with E-state index in [1.807, 2.05) is 0 Å². The number of thiazole rings is 1. The summed E-state index contributed by atoms with van der Waals surface area (Å²) < 4.78 is 2.24. The Morgan fingerprint density at radius 3 is 2.43 bits per heavy atom. The van der Waals surface area contributed by atoms with Crippen molar-refractivity contribution in [3.63, 3.8) is 0 Å².